The Kier molecular flexibility index (Phi) is 6.40. The van der Waals surface area contributed by atoms with Crippen LogP contribution in [-0.2, 0) is 9.53 Å². The van der Waals surface area contributed by atoms with Gasteiger partial charge in [0, 0.05) is 36.8 Å². The van der Waals surface area contributed by atoms with Crippen LogP contribution in [0.25, 0.3) is 0 Å². The van der Waals surface area contributed by atoms with Gasteiger partial charge in [0.2, 0.25) is 5.91 Å². The Labute approximate surface area is 175 Å². The van der Waals surface area contributed by atoms with Gasteiger partial charge in [-0.05, 0) is 48.7 Å². The number of rotatable bonds is 7. The number of ether oxygens (including phenoxy) is 1. The number of morpholine rings is 1. The van der Waals surface area contributed by atoms with Gasteiger partial charge in [0.25, 0.3) is 5.91 Å². The van der Waals surface area contributed by atoms with Crippen LogP contribution in [0.4, 0.5) is 10.1 Å². The average molecular weight is 411 g/mol. The number of hydrogen-bond acceptors (Lipinski definition) is 4. The minimum atomic E-state index is -0.284. The van der Waals surface area contributed by atoms with E-state index in [1.54, 1.807) is 36.4 Å². The highest BCUT2D eigenvalue weighted by molar-refractivity contribution is 5.98. The number of hydrogen-bond donors (Lipinski definition) is 2. The number of nitrogens with one attached hydrogen (secondary N) is 2. The Balaban J connectivity index is 1.42. The molecule has 2 aromatic rings. The smallest absolute Gasteiger partial charge is 0.251 e. The lowest BCUT2D eigenvalue weighted by Crippen LogP contribution is -2.43. The first-order valence-corrected chi connectivity index (χ1v) is 10.4. The quantitative estimate of drug-likeness (QED) is 0.735. The van der Waals surface area contributed by atoms with Gasteiger partial charge in [0.15, 0.2) is 0 Å². The van der Waals surface area contributed by atoms with Crippen molar-refractivity contribution in [2.75, 3.05) is 38.2 Å². The molecule has 1 saturated heterocycles. The van der Waals surface area contributed by atoms with Crippen LogP contribution in [-0.4, -0.2) is 49.6 Å². The summed E-state index contributed by atoms with van der Waals surface area (Å²) in [6, 6.07) is 13.3. The fraction of sp³-hybridized carbons (Fsp3) is 0.391. The lowest BCUT2D eigenvalue weighted by atomic mass is 10.0. The molecule has 4 rings (SSSR count). The molecule has 2 aromatic carbocycles. The van der Waals surface area contributed by atoms with Crippen LogP contribution in [0.15, 0.2) is 48.5 Å². The van der Waals surface area contributed by atoms with E-state index in [0.29, 0.717) is 31.0 Å². The number of benzene rings is 2. The lowest BCUT2D eigenvalue weighted by molar-refractivity contribution is -0.117. The van der Waals surface area contributed by atoms with Crippen LogP contribution < -0.4 is 10.6 Å². The average Bonchev–Trinajstić information content (AvgIpc) is 3.61. The molecular weight excluding hydrogens is 385 g/mol. The van der Waals surface area contributed by atoms with Gasteiger partial charge in [0.1, 0.15) is 5.82 Å². The molecule has 2 N–H and O–H groups in total. The molecule has 7 heteroatoms. The van der Waals surface area contributed by atoms with E-state index in [4.69, 9.17) is 4.74 Å². The molecule has 1 atom stereocenters. The number of nitrogens with zero attached hydrogens (tertiary/aromatic N) is 1. The molecule has 0 radical (unpaired) electrons. The van der Waals surface area contributed by atoms with Crippen LogP contribution in [0.5, 0.6) is 0 Å². The number of carbonyl (C=O) groups is 2. The minimum Gasteiger partial charge on any atom is -0.379 e. The summed E-state index contributed by atoms with van der Waals surface area (Å²) in [5.74, 6) is -0.379. The Morgan fingerprint density at radius 3 is 2.53 bits per heavy atom. The molecular formula is C23H26FN3O3. The van der Waals surface area contributed by atoms with Crippen LogP contribution in [0.2, 0.25) is 0 Å². The van der Waals surface area contributed by atoms with Crippen molar-refractivity contribution >= 4 is 17.5 Å². The van der Waals surface area contributed by atoms with Crippen LogP contribution in [0.1, 0.15) is 34.8 Å². The second-order valence-electron chi connectivity index (χ2n) is 7.77. The van der Waals surface area contributed by atoms with E-state index < -0.39 is 0 Å². The maximum atomic E-state index is 13.4. The van der Waals surface area contributed by atoms with E-state index in [2.05, 4.69) is 15.5 Å². The summed E-state index contributed by atoms with van der Waals surface area (Å²) in [5.41, 5.74) is 2.07. The summed E-state index contributed by atoms with van der Waals surface area (Å²) in [7, 11) is 0. The highest BCUT2D eigenvalue weighted by atomic mass is 19.1. The molecule has 1 unspecified atom stereocenters. The van der Waals surface area contributed by atoms with E-state index in [1.807, 2.05) is 0 Å². The van der Waals surface area contributed by atoms with Crippen molar-refractivity contribution in [1.82, 2.24) is 10.2 Å². The predicted molar refractivity (Wildman–Crippen MR) is 112 cm³/mol. The molecule has 1 heterocycles. The van der Waals surface area contributed by atoms with Crippen molar-refractivity contribution in [2.24, 2.45) is 5.92 Å². The van der Waals surface area contributed by atoms with Gasteiger partial charge in [-0.1, -0.05) is 18.2 Å². The Hall–Kier alpha value is -2.77. The zero-order valence-electron chi connectivity index (χ0n) is 16.8. The van der Waals surface area contributed by atoms with Gasteiger partial charge < -0.3 is 15.4 Å². The molecule has 0 aromatic heterocycles. The van der Waals surface area contributed by atoms with Crippen molar-refractivity contribution in [2.45, 2.75) is 18.9 Å². The molecule has 0 spiro atoms. The van der Waals surface area contributed by atoms with Crippen LogP contribution in [0.3, 0.4) is 0 Å². The summed E-state index contributed by atoms with van der Waals surface area (Å²) >= 11 is 0. The van der Waals surface area contributed by atoms with Gasteiger partial charge in [-0.2, -0.15) is 0 Å². The molecule has 1 aliphatic heterocycles. The zero-order chi connectivity index (χ0) is 20.9. The van der Waals surface area contributed by atoms with Gasteiger partial charge in [-0.25, -0.2) is 4.39 Å². The van der Waals surface area contributed by atoms with E-state index in [-0.39, 0.29) is 29.6 Å². The van der Waals surface area contributed by atoms with Crippen LogP contribution in [0, 0.1) is 11.7 Å². The Bertz CT molecular complexity index is 893. The van der Waals surface area contributed by atoms with Crippen molar-refractivity contribution < 1.29 is 18.7 Å². The second-order valence-corrected chi connectivity index (χ2v) is 7.77. The first-order chi connectivity index (χ1) is 14.6. The van der Waals surface area contributed by atoms with Crippen molar-refractivity contribution in [3.63, 3.8) is 0 Å². The monoisotopic (exact) mass is 411 g/mol. The summed E-state index contributed by atoms with van der Waals surface area (Å²) in [6.07, 6.45) is 1.86. The molecule has 2 aliphatic rings. The summed E-state index contributed by atoms with van der Waals surface area (Å²) in [6.45, 7) is 3.16. The first kappa shape index (κ1) is 20.5. The van der Waals surface area contributed by atoms with Crippen molar-refractivity contribution in [1.29, 1.82) is 0 Å². The third kappa shape index (κ3) is 5.23. The molecule has 2 fully saturated rings. The molecule has 1 aliphatic carbocycles. The SMILES string of the molecule is O=C(NCC(c1ccc(F)cc1)N1CCOCC1)c1cccc(NC(=O)C2CC2)c1. The molecule has 1 saturated carbocycles. The van der Waals surface area contributed by atoms with E-state index >= 15 is 0 Å². The number of carbonyl (C=O) groups excluding carboxylic acids is 2. The van der Waals surface area contributed by atoms with Gasteiger partial charge in [0.05, 0.1) is 19.3 Å². The number of amides is 2. The summed E-state index contributed by atoms with van der Waals surface area (Å²) in [4.78, 5) is 27.0. The lowest BCUT2D eigenvalue weighted by Gasteiger charge is -2.35. The van der Waals surface area contributed by atoms with E-state index in [0.717, 1.165) is 31.5 Å². The largest absolute Gasteiger partial charge is 0.379 e. The summed E-state index contributed by atoms with van der Waals surface area (Å²) < 4.78 is 18.8. The molecule has 158 valence electrons. The maximum absolute atomic E-state index is 13.4. The molecule has 2 amide bonds. The van der Waals surface area contributed by atoms with Gasteiger partial charge in [-0.15, -0.1) is 0 Å². The number of halogens is 1. The first-order valence-electron chi connectivity index (χ1n) is 10.4. The van der Waals surface area contributed by atoms with Gasteiger partial charge >= 0.3 is 0 Å². The van der Waals surface area contributed by atoms with Crippen LogP contribution >= 0.6 is 0 Å². The highest BCUT2D eigenvalue weighted by Crippen LogP contribution is 2.30. The number of anilines is 1. The van der Waals surface area contributed by atoms with Crippen molar-refractivity contribution in [3.8, 4) is 0 Å². The minimum absolute atomic E-state index is 0.0104. The normalized spacial score (nSPS) is 17.9. The third-order valence-electron chi connectivity index (χ3n) is 5.54. The Morgan fingerprint density at radius 1 is 1.10 bits per heavy atom. The van der Waals surface area contributed by atoms with E-state index in [9.17, 15) is 14.0 Å². The highest BCUT2D eigenvalue weighted by Gasteiger charge is 2.29. The van der Waals surface area contributed by atoms with E-state index in [1.165, 1.54) is 12.1 Å². The van der Waals surface area contributed by atoms with Gasteiger partial charge in [-0.3, -0.25) is 14.5 Å². The molecule has 30 heavy (non-hydrogen) atoms. The molecule has 6 nitrogen and oxygen atoms in total. The standard InChI is InChI=1S/C23H26FN3O3/c24-19-8-6-16(7-9-19)21(27-10-12-30-13-11-27)15-25-22(28)18-2-1-3-20(14-18)26-23(29)17-4-5-17/h1-3,6-9,14,17,21H,4-5,10-13,15H2,(H,25,28)(H,26,29). The predicted octanol–water partition coefficient (Wildman–Crippen LogP) is 2.98. The third-order valence-corrected chi connectivity index (χ3v) is 5.54. The molecule has 0 bridgehead atoms. The topological polar surface area (TPSA) is 70.7 Å². The second kappa shape index (κ2) is 9.36. The fourth-order valence-electron chi connectivity index (χ4n) is 3.65. The fourth-order valence-corrected chi connectivity index (χ4v) is 3.65. The Morgan fingerprint density at radius 2 is 1.83 bits per heavy atom. The maximum Gasteiger partial charge on any atom is 0.251 e. The zero-order valence-corrected chi connectivity index (χ0v) is 16.8. The summed E-state index contributed by atoms with van der Waals surface area (Å²) in [5, 5.41) is 5.87. The van der Waals surface area contributed by atoms with Crippen molar-refractivity contribution in [3.05, 3.63) is 65.5 Å².